The highest BCUT2D eigenvalue weighted by Gasteiger charge is 2.21. The van der Waals surface area contributed by atoms with E-state index in [9.17, 15) is 14.4 Å². The topological polar surface area (TPSA) is 101 Å². The molecule has 0 aromatic heterocycles. The van der Waals surface area contributed by atoms with Crippen LogP contribution < -0.4 is 16.6 Å². The van der Waals surface area contributed by atoms with Gasteiger partial charge in [-0.3, -0.25) is 19.8 Å². The monoisotopic (exact) mass is 271 g/mol. The molecule has 1 atom stereocenters. The standard InChI is InChI=1S/C13H25N3O3/c1-3-4-5-6-7-8-12(18)15-11(9-10(2)17)13(19)16-14/h11H,3-9,14H2,1-2H3,(H,15,18)(H,16,19)/t11-/m1/s1. The van der Waals surface area contributed by atoms with Crippen LogP contribution in [0, 0.1) is 0 Å². The SMILES string of the molecule is CCCCCCCC(=O)N[C@H](CC(C)=O)C(=O)NN. The van der Waals surface area contributed by atoms with Crippen LogP contribution in [0.4, 0.5) is 0 Å². The van der Waals surface area contributed by atoms with Gasteiger partial charge in [0, 0.05) is 12.8 Å². The van der Waals surface area contributed by atoms with E-state index in [-0.39, 0.29) is 18.1 Å². The zero-order valence-electron chi connectivity index (χ0n) is 11.8. The molecule has 0 fully saturated rings. The summed E-state index contributed by atoms with van der Waals surface area (Å²) in [5, 5.41) is 2.54. The Morgan fingerprint density at radius 2 is 1.74 bits per heavy atom. The summed E-state index contributed by atoms with van der Waals surface area (Å²) in [6, 6.07) is -0.870. The third-order valence-electron chi connectivity index (χ3n) is 2.79. The second kappa shape index (κ2) is 10.5. The molecule has 0 saturated heterocycles. The van der Waals surface area contributed by atoms with E-state index in [1.54, 1.807) is 0 Å². The zero-order valence-corrected chi connectivity index (χ0v) is 11.8. The van der Waals surface area contributed by atoms with Crippen molar-refractivity contribution in [3.63, 3.8) is 0 Å². The van der Waals surface area contributed by atoms with Gasteiger partial charge in [0.25, 0.3) is 5.91 Å². The first-order valence-electron chi connectivity index (χ1n) is 6.80. The number of amides is 2. The average molecular weight is 271 g/mol. The van der Waals surface area contributed by atoms with Crippen molar-refractivity contribution in [3.05, 3.63) is 0 Å². The van der Waals surface area contributed by atoms with Crippen molar-refractivity contribution in [2.45, 2.75) is 64.8 Å². The number of hydrogen-bond donors (Lipinski definition) is 3. The lowest BCUT2D eigenvalue weighted by Gasteiger charge is -2.15. The van der Waals surface area contributed by atoms with Gasteiger partial charge in [0.1, 0.15) is 11.8 Å². The van der Waals surface area contributed by atoms with Gasteiger partial charge in [0.05, 0.1) is 0 Å². The van der Waals surface area contributed by atoms with Gasteiger partial charge in [0.2, 0.25) is 5.91 Å². The van der Waals surface area contributed by atoms with Crippen LogP contribution in [0.15, 0.2) is 0 Å². The minimum Gasteiger partial charge on any atom is -0.344 e. The Morgan fingerprint density at radius 3 is 2.26 bits per heavy atom. The fourth-order valence-corrected chi connectivity index (χ4v) is 1.75. The molecule has 0 heterocycles. The van der Waals surface area contributed by atoms with Gasteiger partial charge in [0.15, 0.2) is 0 Å². The fourth-order valence-electron chi connectivity index (χ4n) is 1.75. The number of nitrogens with two attached hydrogens (primary N) is 1. The van der Waals surface area contributed by atoms with Gasteiger partial charge in [-0.15, -0.1) is 0 Å². The Balaban J connectivity index is 4.02. The molecule has 0 bridgehead atoms. The van der Waals surface area contributed by atoms with Gasteiger partial charge in [-0.25, -0.2) is 5.84 Å². The van der Waals surface area contributed by atoms with Crippen molar-refractivity contribution in [2.75, 3.05) is 0 Å². The maximum atomic E-state index is 11.6. The Kier molecular flexibility index (Phi) is 9.70. The highest BCUT2D eigenvalue weighted by Crippen LogP contribution is 2.05. The summed E-state index contributed by atoms with van der Waals surface area (Å²) in [4.78, 5) is 34.1. The molecule has 19 heavy (non-hydrogen) atoms. The first-order valence-corrected chi connectivity index (χ1v) is 6.80. The third-order valence-corrected chi connectivity index (χ3v) is 2.79. The van der Waals surface area contributed by atoms with E-state index in [0.717, 1.165) is 25.7 Å². The van der Waals surface area contributed by atoms with Crippen LogP contribution in [0.1, 0.15) is 58.8 Å². The van der Waals surface area contributed by atoms with E-state index >= 15 is 0 Å². The summed E-state index contributed by atoms with van der Waals surface area (Å²) in [5.41, 5.74) is 1.95. The molecule has 0 aliphatic rings. The quantitative estimate of drug-likeness (QED) is 0.237. The zero-order chi connectivity index (χ0) is 14.7. The molecule has 4 N–H and O–H groups in total. The number of ketones is 1. The molecule has 0 rings (SSSR count). The maximum Gasteiger partial charge on any atom is 0.256 e. The molecule has 2 amide bonds. The number of hydrogen-bond acceptors (Lipinski definition) is 4. The minimum absolute atomic E-state index is 0.0371. The van der Waals surface area contributed by atoms with E-state index in [0.29, 0.717) is 6.42 Å². The molecule has 0 spiro atoms. The molecule has 6 nitrogen and oxygen atoms in total. The van der Waals surface area contributed by atoms with E-state index in [1.807, 2.05) is 5.43 Å². The van der Waals surface area contributed by atoms with Crippen molar-refractivity contribution in [1.29, 1.82) is 0 Å². The van der Waals surface area contributed by atoms with Crippen LogP contribution in [0.25, 0.3) is 0 Å². The lowest BCUT2D eigenvalue weighted by molar-refractivity contribution is -0.131. The van der Waals surface area contributed by atoms with Crippen molar-refractivity contribution < 1.29 is 14.4 Å². The summed E-state index contributed by atoms with van der Waals surface area (Å²) in [6.45, 7) is 3.50. The summed E-state index contributed by atoms with van der Waals surface area (Å²) in [6.07, 6.45) is 5.57. The highest BCUT2D eigenvalue weighted by molar-refractivity contribution is 5.91. The molecule has 0 radical (unpaired) electrons. The smallest absolute Gasteiger partial charge is 0.256 e. The van der Waals surface area contributed by atoms with Crippen molar-refractivity contribution >= 4 is 17.6 Å². The average Bonchev–Trinajstić information content (AvgIpc) is 2.36. The number of unbranched alkanes of at least 4 members (excludes halogenated alkanes) is 4. The number of carbonyl (C=O) groups excluding carboxylic acids is 3. The van der Waals surface area contributed by atoms with E-state index < -0.39 is 11.9 Å². The van der Waals surface area contributed by atoms with Gasteiger partial charge in [-0.2, -0.15) is 0 Å². The van der Waals surface area contributed by atoms with Gasteiger partial charge >= 0.3 is 0 Å². The molecule has 6 heteroatoms. The summed E-state index contributed by atoms with van der Waals surface area (Å²) < 4.78 is 0. The van der Waals surface area contributed by atoms with E-state index in [4.69, 9.17) is 5.84 Å². The normalized spacial score (nSPS) is 11.7. The minimum atomic E-state index is -0.870. The molecule has 0 aromatic carbocycles. The Hall–Kier alpha value is -1.43. The van der Waals surface area contributed by atoms with Crippen LogP contribution in [-0.4, -0.2) is 23.6 Å². The number of rotatable bonds is 10. The van der Waals surface area contributed by atoms with Gasteiger partial charge in [-0.1, -0.05) is 32.6 Å². The number of carbonyl (C=O) groups is 3. The Labute approximate surface area is 114 Å². The van der Waals surface area contributed by atoms with E-state index in [1.165, 1.54) is 13.3 Å². The summed E-state index contributed by atoms with van der Waals surface area (Å²) in [5.74, 6) is 4.08. The van der Waals surface area contributed by atoms with Crippen molar-refractivity contribution in [2.24, 2.45) is 5.84 Å². The van der Waals surface area contributed by atoms with Crippen molar-refractivity contribution in [3.8, 4) is 0 Å². The maximum absolute atomic E-state index is 11.6. The van der Waals surface area contributed by atoms with Crippen LogP contribution in [-0.2, 0) is 14.4 Å². The number of Topliss-reactive ketones (excluding diaryl/α,β-unsaturated/α-hetero) is 1. The molecule has 0 aliphatic heterocycles. The van der Waals surface area contributed by atoms with E-state index in [2.05, 4.69) is 12.2 Å². The number of nitrogens with one attached hydrogen (secondary N) is 2. The van der Waals surface area contributed by atoms with Crippen molar-refractivity contribution in [1.82, 2.24) is 10.7 Å². The summed E-state index contributed by atoms with van der Waals surface area (Å²) >= 11 is 0. The highest BCUT2D eigenvalue weighted by atomic mass is 16.2. The number of hydrazine groups is 1. The molecule has 0 aromatic rings. The Bertz CT molecular complexity index is 306. The second-order valence-electron chi connectivity index (χ2n) is 4.70. The molecule has 0 saturated carbocycles. The predicted octanol–water partition coefficient (Wildman–Crippen LogP) is 0.801. The first-order chi connectivity index (χ1) is 9.01. The largest absolute Gasteiger partial charge is 0.344 e. The predicted molar refractivity (Wildman–Crippen MR) is 72.9 cm³/mol. The third kappa shape index (κ3) is 9.18. The Morgan fingerprint density at radius 1 is 1.11 bits per heavy atom. The van der Waals surface area contributed by atoms with Gasteiger partial charge in [-0.05, 0) is 13.3 Å². The van der Waals surface area contributed by atoms with Crippen LogP contribution >= 0.6 is 0 Å². The molecular formula is C13H25N3O3. The van der Waals surface area contributed by atoms with Gasteiger partial charge < -0.3 is 5.32 Å². The molecule has 0 unspecified atom stereocenters. The van der Waals surface area contributed by atoms with Crippen LogP contribution in [0.2, 0.25) is 0 Å². The molecule has 0 aliphatic carbocycles. The van der Waals surface area contributed by atoms with Crippen LogP contribution in [0.5, 0.6) is 0 Å². The second-order valence-corrected chi connectivity index (χ2v) is 4.70. The lowest BCUT2D eigenvalue weighted by atomic mass is 10.1. The van der Waals surface area contributed by atoms with Crippen LogP contribution in [0.3, 0.4) is 0 Å². The molecule has 110 valence electrons. The molecular weight excluding hydrogens is 246 g/mol. The first kappa shape index (κ1) is 17.6. The fraction of sp³-hybridized carbons (Fsp3) is 0.769. The lowest BCUT2D eigenvalue weighted by Crippen LogP contribution is -2.49. The summed E-state index contributed by atoms with van der Waals surface area (Å²) in [7, 11) is 0.